The molecule has 0 bridgehead atoms. The Labute approximate surface area is 194 Å². The summed E-state index contributed by atoms with van der Waals surface area (Å²) >= 11 is 6.16. The van der Waals surface area contributed by atoms with Crippen LogP contribution in [0.4, 0.5) is 5.69 Å². The molecule has 6 heteroatoms. The molecule has 1 aliphatic heterocycles. The van der Waals surface area contributed by atoms with Gasteiger partial charge in [0, 0.05) is 5.02 Å². The quantitative estimate of drug-likeness (QED) is 0.213. The van der Waals surface area contributed by atoms with Crippen molar-refractivity contribution >= 4 is 35.1 Å². The minimum atomic E-state index is -0.479. The zero-order chi connectivity index (χ0) is 23.1. The summed E-state index contributed by atoms with van der Waals surface area (Å²) in [6.07, 6.45) is 9.32. The van der Waals surface area contributed by atoms with Gasteiger partial charge in [-0.15, -0.1) is 0 Å². The van der Waals surface area contributed by atoms with Crippen LogP contribution in [-0.2, 0) is 4.74 Å². The van der Waals surface area contributed by atoms with Gasteiger partial charge in [0.2, 0.25) is 0 Å². The van der Waals surface area contributed by atoms with Crippen molar-refractivity contribution in [1.82, 2.24) is 0 Å². The molecule has 0 fully saturated rings. The molecular formula is C26H30ClNO4. The van der Waals surface area contributed by atoms with Crippen molar-refractivity contribution in [3.63, 3.8) is 0 Å². The fourth-order valence-electron chi connectivity index (χ4n) is 3.81. The molecule has 1 aliphatic rings. The van der Waals surface area contributed by atoms with Gasteiger partial charge in [0.1, 0.15) is 0 Å². The average molecular weight is 456 g/mol. The predicted octanol–water partition coefficient (Wildman–Crippen LogP) is 6.75. The summed E-state index contributed by atoms with van der Waals surface area (Å²) in [5.41, 5.74) is 2.01. The van der Waals surface area contributed by atoms with Gasteiger partial charge in [0.15, 0.2) is 0 Å². The Kier molecular flexibility index (Phi) is 8.46. The van der Waals surface area contributed by atoms with Crippen molar-refractivity contribution in [2.75, 3.05) is 11.5 Å². The zero-order valence-corrected chi connectivity index (χ0v) is 19.5. The van der Waals surface area contributed by atoms with Crippen molar-refractivity contribution in [2.24, 2.45) is 0 Å². The number of amides is 2. The fourth-order valence-corrected chi connectivity index (χ4v) is 3.98. The van der Waals surface area contributed by atoms with Gasteiger partial charge in [0.05, 0.1) is 29.0 Å². The fraction of sp³-hybridized carbons (Fsp3) is 0.423. The van der Waals surface area contributed by atoms with Crippen molar-refractivity contribution in [1.29, 1.82) is 0 Å². The van der Waals surface area contributed by atoms with E-state index in [0.717, 1.165) is 29.7 Å². The first-order chi connectivity index (χ1) is 15.4. The summed E-state index contributed by atoms with van der Waals surface area (Å²) in [7, 11) is 0. The van der Waals surface area contributed by atoms with Crippen LogP contribution in [0.1, 0.15) is 94.9 Å². The first-order valence-corrected chi connectivity index (χ1v) is 11.8. The lowest BCUT2D eigenvalue weighted by Crippen LogP contribution is -2.29. The number of aryl methyl sites for hydroxylation is 1. The summed E-state index contributed by atoms with van der Waals surface area (Å²) in [6, 6.07) is 9.53. The largest absolute Gasteiger partial charge is 0.462 e. The number of imide groups is 1. The Morgan fingerprint density at radius 1 is 0.875 bits per heavy atom. The Bertz CT molecular complexity index is 1000. The van der Waals surface area contributed by atoms with Crippen LogP contribution in [0.15, 0.2) is 36.4 Å². The second-order valence-corrected chi connectivity index (χ2v) is 8.66. The molecule has 0 saturated carbocycles. The number of rotatable bonds is 11. The molecular weight excluding hydrogens is 426 g/mol. The zero-order valence-electron chi connectivity index (χ0n) is 18.8. The summed E-state index contributed by atoms with van der Waals surface area (Å²) in [6.45, 7) is 4.41. The van der Waals surface area contributed by atoms with Crippen LogP contribution in [0.3, 0.4) is 0 Å². The second-order valence-electron chi connectivity index (χ2n) is 8.25. The third kappa shape index (κ3) is 5.57. The highest BCUT2D eigenvalue weighted by molar-refractivity contribution is 6.36. The van der Waals surface area contributed by atoms with E-state index in [4.69, 9.17) is 16.3 Å². The van der Waals surface area contributed by atoms with E-state index in [1.807, 2.05) is 6.92 Å². The van der Waals surface area contributed by atoms with Crippen molar-refractivity contribution in [2.45, 2.75) is 65.2 Å². The van der Waals surface area contributed by atoms with E-state index < -0.39 is 17.8 Å². The molecule has 170 valence electrons. The molecule has 5 nitrogen and oxygen atoms in total. The highest BCUT2D eigenvalue weighted by Crippen LogP contribution is 2.31. The van der Waals surface area contributed by atoms with Gasteiger partial charge in [-0.3, -0.25) is 9.59 Å². The SMILES string of the molecule is CCCCCCCCCCOC(=O)c1ccc2c(c1)C(=O)N(c1ccc(C)c(Cl)c1)C2=O. The van der Waals surface area contributed by atoms with Crippen LogP contribution >= 0.6 is 11.6 Å². The molecule has 2 aromatic carbocycles. The molecule has 0 unspecified atom stereocenters. The topological polar surface area (TPSA) is 63.7 Å². The van der Waals surface area contributed by atoms with E-state index in [9.17, 15) is 14.4 Å². The van der Waals surface area contributed by atoms with Crippen LogP contribution in [0.2, 0.25) is 5.02 Å². The van der Waals surface area contributed by atoms with Crippen molar-refractivity contribution in [3.8, 4) is 0 Å². The van der Waals surface area contributed by atoms with Gasteiger partial charge in [-0.25, -0.2) is 9.69 Å². The maximum atomic E-state index is 12.9. The molecule has 2 amide bonds. The van der Waals surface area contributed by atoms with Crippen LogP contribution < -0.4 is 4.90 Å². The Morgan fingerprint density at radius 2 is 1.53 bits per heavy atom. The summed E-state index contributed by atoms with van der Waals surface area (Å²) in [4.78, 5) is 39.2. The van der Waals surface area contributed by atoms with Crippen LogP contribution in [-0.4, -0.2) is 24.4 Å². The number of carbonyl (C=O) groups is 3. The van der Waals surface area contributed by atoms with Crippen molar-refractivity contribution < 1.29 is 19.1 Å². The van der Waals surface area contributed by atoms with Gasteiger partial charge < -0.3 is 4.74 Å². The van der Waals surface area contributed by atoms with E-state index in [-0.39, 0.29) is 16.7 Å². The van der Waals surface area contributed by atoms with E-state index in [1.165, 1.54) is 50.3 Å². The number of ether oxygens (including phenoxy) is 1. The van der Waals surface area contributed by atoms with Crippen LogP contribution in [0, 0.1) is 6.92 Å². The molecule has 0 radical (unpaired) electrons. The van der Waals surface area contributed by atoms with Crippen molar-refractivity contribution in [3.05, 3.63) is 63.7 Å². The van der Waals surface area contributed by atoms with E-state index >= 15 is 0 Å². The molecule has 0 aliphatic carbocycles. The molecule has 0 saturated heterocycles. The lowest BCUT2D eigenvalue weighted by atomic mass is 10.1. The standard InChI is InChI=1S/C26H30ClNO4/c1-3-4-5-6-7-8-9-10-15-32-26(31)19-12-14-21-22(16-19)25(30)28(24(21)29)20-13-11-18(2)23(27)17-20/h11-14,16-17H,3-10,15H2,1-2H3. The lowest BCUT2D eigenvalue weighted by Gasteiger charge is -2.14. The number of unbranched alkanes of at least 4 members (excludes halogenated alkanes) is 7. The molecule has 0 aromatic heterocycles. The third-order valence-corrected chi connectivity index (χ3v) is 6.17. The Morgan fingerprint density at radius 3 is 2.22 bits per heavy atom. The highest BCUT2D eigenvalue weighted by Gasteiger charge is 2.37. The number of fused-ring (bicyclic) bond motifs is 1. The maximum absolute atomic E-state index is 12.9. The number of benzene rings is 2. The van der Waals surface area contributed by atoms with Gasteiger partial charge >= 0.3 is 5.97 Å². The van der Waals surface area contributed by atoms with Gasteiger partial charge in [-0.05, 0) is 49.2 Å². The predicted molar refractivity (Wildman–Crippen MR) is 127 cm³/mol. The van der Waals surface area contributed by atoms with E-state index in [1.54, 1.807) is 18.2 Å². The monoisotopic (exact) mass is 455 g/mol. The van der Waals surface area contributed by atoms with E-state index in [2.05, 4.69) is 6.92 Å². The summed E-state index contributed by atoms with van der Waals surface area (Å²) in [5, 5.41) is 0.476. The number of hydrogen-bond acceptors (Lipinski definition) is 4. The molecule has 32 heavy (non-hydrogen) atoms. The highest BCUT2D eigenvalue weighted by atomic mass is 35.5. The molecule has 0 spiro atoms. The molecule has 0 N–H and O–H groups in total. The number of anilines is 1. The first kappa shape index (κ1) is 24.0. The molecule has 0 atom stereocenters. The summed E-state index contributed by atoms with van der Waals surface area (Å²) < 4.78 is 5.37. The van der Waals surface area contributed by atoms with Gasteiger partial charge in [-0.1, -0.05) is 69.5 Å². The third-order valence-electron chi connectivity index (χ3n) is 5.77. The smallest absolute Gasteiger partial charge is 0.338 e. The van der Waals surface area contributed by atoms with E-state index in [0.29, 0.717) is 17.3 Å². The minimum Gasteiger partial charge on any atom is -0.462 e. The van der Waals surface area contributed by atoms with Crippen LogP contribution in [0.5, 0.6) is 0 Å². The van der Waals surface area contributed by atoms with Crippen LogP contribution in [0.25, 0.3) is 0 Å². The number of halogens is 1. The lowest BCUT2D eigenvalue weighted by molar-refractivity contribution is 0.0497. The first-order valence-electron chi connectivity index (χ1n) is 11.4. The normalized spacial score (nSPS) is 12.9. The molecule has 3 rings (SSSR count). The number of esters is 1. The molecule has 1 heterocycles. The molecule has 2 aromatic rings. The Hall–Kier alpha value is -2.66. The number of hydrogen-bond donors (Lipinski definition) is 0. The Balaban J connectivity index is 1.56. The second kappa shape index (κ2) is 11.3. The maximum Gasteiger partial charge on any atom is 0.338 e. The van der Waals surface area contributed by atoms with Gasteiger partial charge in [-0.2, -0.15) is 0 Å². The number of carbonyl (C=O) groups excluding carboxylic acids is 3. The van der Waals surface area contributed by atoms with Gasteiger partial charge in [0.25, 0.3) is 11.8 Å². The average Bonchev–Trinajstić information content (AvgIpc) is 3.04. The number of nitrogens with zero attached hydrogens (tertiary/aromatic N) is 1. The summed E-state index contributed by atoms with van der Waals surface area (Å²) in [5.74, 6) is -1.38. The minimum absolute atomic E-state index is 0.202.